The van der Waals surface area contributed by atoms with Crippen LogP contribution in [0.2, 0.25) is 0 Å². The van der Waals surface area contributed by atoms with E-state index in [0.29, 0.717) is 19.8 Å². The fraction of sp³-hybridized carbons (Fsp3) is 0.357. The van der Waals surface area contributed by atoms with Crippen LogP contribution in [0, 0.1) is 0 Å². The largest absolute Gasteiger partial charge is 0.486 e. The van der Waals surface area contributed by atoms with Crippen LogP contribution in [0.25, 0.3) is 6.08 Å². The maximum Gasteiger partial charge on any atom is 0.309 e. The second-order valence-electron chi connectivity index (χ2n) is 3.81. The van der Waals surface area contributed by atoms with Crippen molar-refractivity contribution < 1.29 is 19.0 Å². The summed E-state index contributed by atoms with van der Waals surface area (Å²) in [6.45, 7) is 3.37. The Morgan fingerprint density at radius 3 is 2.89 bits per heavy atom. The van der Waals surface area contributed by atoms with Crippen molar-refractivity contribution in [3.63, 3.8) is 0 Å². The van der Waals surface area contributed by atoms with E-state index in [2.05, 4.69) is 0 Å². The van der Waals surface area contributed by atoms with E-state index in [1.165, 1.54) is 0 Å². The Bertz CT molecular complexity index is 451. The highest BCUT2D eigenvalue weighted by molar-refractivity contribution is 5.72. The third-order valence-corrected chi connectivity index (χ3v) is 2.47. The van der Waals surface area contributed by atoms with E-state index in [1.807, 2.05) is 24.3 Å². The molecule has 1 aliphatic heterocycles. The summed E-state index contributed by atoms with van der Waals surface area (Å²) in [4.78, 5) is 11.1. The summed E-state index contributed by atoms with van der Waals surface area (Å²) in [5.41, 5.74) is 0.976. The molecule has 1 aromatic rings. The number of hydrogen-bond acceptors (Lipinski definition) is 4. The topological polar surface area (TPSA) is 44.8 Å². The summed E-state index contributed by atoms with van der Waals surface area (Å²) in [7, 11) is 0. The summed E-state index contributed by atoms with van der Waals surface area (Å²) < 4.78 is 15.7. The van der Waals surface area contributed by atoms with Gasteiger partial charge in [0, 0.05) is 0 Å². The molecule has 0 atom stereocenters. The monoisotopic (exact) mass is 248 g/mol. The number of hydrogen-bond donors (Lipinski definition) is 0. The van der Waals surface area contributed by atoms with Gasteiger partial charge in [-0.25, -0.2) is 0 Å². The van der Waals surface area contributed by atoms with Gasteiger partial charge < -0.3 is 14.2 Å². The maximum absolute atomic E-state index is 11.1. The van der Waals surface area contributed by atoms with Gasteiger partial charge in [0.05, 0.1) is 13.0 Å². The highest BCUT2D eigenvalue weighted by Crippen LogP contribution is 2.31. The molecule has 96 valence electrons. The molecule has 0 bridgehead atoms. The van der Waals surface area contributed by atoms with Crippen molar-refractivity contribution >= 4 is 12.0 Å². The molecule has 0 aromatic heterocycles. The molecule has 0 saturated heterocycles. The number of carbonyl (C=O) groups is 1. The lowest BCUT2D eigenvalue weighted by atomic mass is 10.1. The predicted molar refractivity (Wildman–Crippen MR) is 67.7 cm³/mol. The van der Waals surface area contributed by atoms with Gasteiger partial charge in [-0.15, -0.1) is 0 Å². The van der Waals surface area contributed by atoms with Crippen molar-refractivity contribution in [2.75, 3.05) is 19.8 Å². The van der Waals surface area contributed by atoms with Gasteiger partial charge in [-0.3, -0.25) is 4.79 Å². The molecule has 4 heteroatoms. The van der Waals surface area contributed by atoms with Gasteiger partial charge in [0.2, 0.25) is 0 Å². The molecular weight excluding hydrogens is 232 g/mol. The summed E-state index contributed by atoms with van der Waals surface area (Å²) in [5.74, 6) is 1.30. The fourth-order valence-corrected chi connectivity index (χ4v) is 1.67. The van der Waals surface area contributed by atoms with E-state index < -0.39 is 0 Å². The van der Waals surface area contributed by atoms with Crippen LogP contribution < -0.4 is 9.47 Å². The Morgan fingerprint density at radius 2 is 2.11 bits per heavy atom. The maximum atomic E-state index is 11.1. The Balaban J connectivity index is 1.97. The number of carbonyl (C=O) groups excluding carboxylic acids is 1. The zero-order chi connectivity index (χ0) is 12.8. The summed E-state index contributed by atoms with van der Waals surface area (Å²) in [6, 6.07) is 5.70. The van der Waals surface area contributed by atoms with Crippen LogP contribution in [0.4, 0.5) is 0 Å². The third kappa shape index (κ3) is 3.26. The normalized spacial score (nSPS) is 13.6. The van der Waals surface area contributed by atoms with Gasteiger partial charge in [-0.1, -0.05) is 18.2 Å². The summed E-state index contributed by atoms with van der Waals surface area (Å²) >= 11 is 0. The molecule has 18 heavy (non-hydrogen) atoms. The van der Waals surface area contributed by atoms with Crippen molar-refractivity contribution in [1.82, 2.24) is 0 Å². The van der Waals surface area contributed by atoms with Gasteiger partial charge in [0.15, 0.2) is 11.5 Å². The molecule has 0 spiro atoms. The van der Waals surface area contributed by atoms with E-state index in [-0.39, 0.29) is 12.4 Å². The smallest absolute Gasteiger partial charge is 0.309 e. The minimum Gasteiger partial charge on any atom is -0.486 e. The lowest BCUT2D eigenvalue weighted by Gasteiger charge is -2.18. The number of ether oxygens (including phenoxy) is 3. The van der Waals surface area contributed by atoms with E-state index in [4.69, 9.17) is 14.2 Å². The van der Waals surface area contributed by atoms with Crippen LogP contribution in [0.3, 0.4) is 0 Å². The Morgan fingerprint density at radius 1 is 1.33 bits per heavy atom. The molecule has 0 unspecified atom stereocenters. The molecule has 1 heterocycles. The average Bonchev–Trinajstić information content (AvgIpc) is 2.39. The van der Waals surface area contributed by atoms with Gasteiger partial charge >= 0.3 is 5.97 Å². The third-order valence-electron chi connectivity index (χ3n) is 2.47. The minimum atomic E-state index is -0.216. The lowest BCUT2D eigenvalue weighted by molar-refractivity contribution is -0.142. The number of benzene rings is 1. The molecule has 2 rings (SSSR count). The van der Waals surface area contributed by atoms with Gasteiger partial charge in [-0.2, -0.15) is 0 Å². The van der Waals surface area contributed by atoms with Crippen LogP contribution in [-0.2, 0) is 9.53 Å². The molecule has 0 N–H and O–H groups in total. The fourth-order valence-electron chi connectivity index (χ4n) is 1.67. The molecule has 0 radical (unpaired) electrons. The quantitative estimate of drug-likeness (QED) is 0.768. The van der Waals surface area contributed by atoms with Crippen LogP contribution >= 0.6 is 0 Å². The van der Waals surface area contributed by atoms with E-state index >= 15 is 0 Å². The number of rotatable bonds is 4. The highest BCUT2D eigenvalue weighted by atomic mass is 16.6. The van der Waals surface area contributed by atoms with Crippen molar-refractivity contribution in [2.45, 2.75) is 13.3 Å². The van der Waals surface area contributed by atoms with Gasteiger partial charge in [0.1, 0.15) is 13.2 Å². The van der Waals surface area contributed by atoms with E-state index in [0.717, 1.165) is 17.1 Å². The van der Waals surface area contributed by atoms with Crippen LogP contribution in [-0.4, -0.2) is 25.8 Å². The first-order valence-electron chi connectivity index (χ1n) is 6.01. The molecule has 0 amide bonds. The van der Waals surface area contributed by atoms with Crippen LogP contribution in [0.5, 0.6) is 11.5 Å². The Hall–Kier alpha value is -1.97. The van der Waals surface area contributed by atoms with Crippen molar-refractivity contribution in [3.05, 3.63) is 29.8 Å². The summed E-state index contributed by atoms with van der Waals surface area (Å²) in [6.07, 6.45) is 3.93. The number of fused-ring (bicyclic) bond motifs is 1. The Kier molecular flexibility index (Phi) is 4.23. The molecule has 1 aliphatic rings. The standard InChI is InChI=1S/C14H16O4/c1-2-16-14(15)5-3-4-11-6-7-12-13(10-11)18-9-8-17-12/h3-4,6-7,10H,2,5,8-9H2,1H3. The zero-order valence-corrected chi connectivity index (χ0v) is 10.3. The van der Waals surface area contributed by atoms with Crippen LogP contribution in [0.1, 0.15) is 18.9 Å². The first kappa shape index (κ1) is 12.5. The first-order valence-corrected chi connectivity index (χ1v) is 6.01. The van der Waals surface area contributed by atoms with Crippen molar-refractivity contribution in [3.8, 4) is 11.5 Å². The first-order chi connectivity index (χ1) is 8.79. The molecule has 0 saturated carbocycles. The van der Waals surface area contributed by atoms with E-state index in [1.54, 1.807) is 13.0 Å². The predicted octanol–water partition coefficient (Wildman–Crippen LogP) is 2.42. The number of esters is 1. The van der Waals surface area contributed by atoms with E-state index in [9.17, 15) is 4.79 Å². The second-order valence-corrected chi connectivity index (χ2v) is 3.81. The van der Waals surface area contributed by atoms with Crippen LogP contribution in [0.15, 0.2) is 24.3 Å². The zero-order valence-electron chi connectivity index (χ0n) is 10.3. The average molecular weight is 248 g/mol. The molecular formula is C14H16O4. The van der Waals surface area contributed by atoms with Gasteiger partial charge in [0.25, 0.3) is 0 Å². The molecule has 0 fully saturated rings. The summed E-state index contributed by atoms with van der Waals surface area (Å²) in [5, 5.41) is 0. The second kappa shape index (κ2) is 6.10. The lowest BCUT2D eigenvalue weighted by Crippen LogP contribution is -2.15. The van der Waals surface area contributed by atoms with Crippen molar-refractivity contribution in [1.29, 1.82) is 0 Å². The molecule has 1 aromatic carbocycles. The molecule has 0 aliphatic carbocycles. The SMILES string of the molecule is CCOC(=O)CC=Cc1ccc2c(c1)OCCO2. The van der Waals surface area contributed by atoms with Gasteiger partial charge in [-0.05, 0) is 24.6 Å². The van der Waals surface area contributed by atoms with Crippen molar-refractivity contribution in [2.24, 2.45) is 0 Å². The molecule has 4 nitrogen and oxygen atoms in total. The highest BCUT2D eigenvalue weighted by Gasteiger charge is 2.10. The minimum absolute atomic E-state index is 0.216. The Labute approximate surface area is 106 Å².